The van der Waals surface area contributed by atoms with E-state index in [1.807, 2.05) is 0 Å². The Bertz CT molecular complexity index is 1420. The summed E-state index contributed by atoms with van der Waals surface area (Å²) in [7, 11) is -10.5. The third-order valence-corrected chi connectivity index (χ3v) is 7.64. The number of aromatic amines is 1. The van der Waals surface area contributed by atoms with Crippen molar-refractivity contribution in [1.82, 2.24) is 24.8 Å². The van der Waals surface area contributed by atoms with E-state index in [-0.39, 0.29) is 23.4 Å². The van der Waals surface area contributed by atoms with Crippen LogP contribution >= 0.6 is 15.6 Å². The summed E-state index contributed by atoms with van der Waals surface area (Å²) < 4.78 is 36.6. The summed E-state index contributed by atoms with van der Waals surface area (Å²) in [4.78, 5) is 69.2. The molecule has 1 aliphatic heterocycles. The highest BCUT2D eigenvalue weighted by Crippen LogP contribution is 2.57. The van der Waals surface area contributed by atoms with Gasteiger partial charge in [0, 0.05) is 6.92 Å². The molecule has 1 saturated heterocycles. The van der Waals surface area contributed by atoms with Gasteiger partial charge in [-0.3, -0.25) is 23.7 Å². The second kappa shape index (κ2) is 14.8. The van der Waals surface area contributed by atoms with Crippen molar-refractivity contribution >= 4 is 45.0 Å². The Morgan fingerprint density at radius 3 is 2.40 bits per heavy atom. The van der Waals surface area contributed by atoms with Crippen LogP contribution in [0, 0.1) is 0 Å². The Balaban J connectivity index is 0.000000367. The zero-order valence-electron chi connectivity index (χ0n) is 21.8. The topological polar surface area (TPSA) is 380 Å². The van der Waals surface area contributed by atoms with Crippen LogP contribution in [0.3, 0.4) is 0 Å². The van der Waals surface area contributed by atoms with Crippen LogP contribution < -0.4 is 16.6 Å². The maximum Gasteiger partial charge on any atom is 0.481 e. The molecule has 1 fully saturated rings. The number of carbonyl (C=O) groups is 2. The van der Waals surface area contributed by atoms with Gasteiger partial charge in [0.05, 0.1) is 19.5 Å². The van der Waals surface area contributed by atoms with Crippen molar-refractivity contribution in [2.75, 3.05) is 18.9 Å². The molecule has 2 aromatic heterocycles. The minimum atomic E-state index is -5.32. The summed E-state index contributed by atoms with van der Waals surface area (Å²) in [5.41, 5.74) is 4.65. The van der Waals surface area contributed by atoms with Gasteiger partial charge >= 0.3 is 15.6 Å². The van der Waals surface area contributed by atoms with Gasteiger partial charge in [-0.1, -0.05) is 0 Å². The molecule has 1 aliphatic rings. The number of aldehydes is 1. The molecule has 9 atom stereocenters. The highest BCUT2D eigenvalue weighted by molar-refractivity contribution is 7.60. The number of hydrogen-bond acceptors (Lipinski definition) is 17. The van der Waals surface area contributed by atoms with Crippen molar-refractivity contribution in [3.05, 3.63) is 16.7 Å². The third-order valence-electron chi connectivity index (χ3n) is 5.49. The number of aromatic nitrogens is 4. The molecule has 43 heavy (non-hydrogen) atoms. The van der Waals surface area contributed by atoms with Crippen molar-refractivity contribution in [2.45, 2.75) is 55.8 Å². The number of aliphatic hydroxyl groups excluding tert-OH is 6. The van der Waals surface area contributed by atoms with Crippen molar-refractivity contribution in [3.8, 4) is 0 Å². The minimum absolute atomic E-state index is 0.0586. The van der Waals surface area contributed by atoms with Crippen LogP contribution in [0.5, 0.6) is 0 Å². The van der Waals surface area contributed by atoms with Crippen LogP contribution in [0.25, 0.3) is 11.2 Å². The fourth-order valence-electron chi connectivity index (χ4n) is 3.53. The van der Waals surface area contributed by atoms with E-state index in [0.29, 0.717) is 0 Å². The van der Waals surface area contributed by atoms with E-state index in [1.54, 1.807) is 0 Å². The van der Waals surface area contributed by atoms with Gasteiger partial charge in [0.15, 0.2) is 17.4 Å². The molecule has 25 heteroatoms. The average Bonchev–Trinajstić information content (AvgIpc) is 3.44. The Labute approximate surface area is 239 Å². The van der Waals surface area contributed by atoms with Crippen molar-refractivity contribution in [1.29, 1.82) is 0 Å². The molecule has 0 radical (unpaired) electrons. The lowest BCUT2D eigenvalue weighted by molar-refractivity contribution is -0.129. The minimum Gasteiger partial charge on any atom is -0.394 e. The van der Waals surface area contributed by atoms with Crippen molar-refractivity contribution in [3.63, 3.8) is 0 Å². The first kappa shape index (κ1) is 36.5. The first-order valence-corrected chi connectivity index (χ1v) is 14.7. The number of anilines is 1. The van der Waals surface area contributed by atoms with Gasteiger partial charge in [-0.2, -0.15) is 9.29 Å². The molecule has 0 bridgehead atoms. The highest BCUT2D eigenvalue weighted by Gasteiger charge is 2.46. The number of phosphoric ester groups is 1. The van der Waals surface area contributed by atoms with E-state index in [9.17, 15) is 48.8 Å². The third kappa shape index (κ3) is 9.89. The van der Waals surface area contributed by atoms with Crippen LogP contribution in [-0.2, 0) is 32.3 Å². The largest absolute Gasteiger partial charge is 0.481 e. The molecule has 1 unspecified atom stereocenters. The number of H-pyrrole nitrogens is 1. The molecule has 2 aromatic rings. The summed E-state index contributed by atoms with van der Waals surface area (Å²) >= 11 is 0. The number of rotatable bonds is 12. The van der Waals surface area contributed by atoms with E-state index >= 15 is 0 Å². The van der Waals surface area contributed by atoms with Gasteiger partial charge in [-0.25, -0.2) is 14.1 Å². The zero-order valence-corrected chi connectivity index (χ0v) is 23.6. The summed E-state index contributed by atoms with van der Waals surface area (Å²) in [5, 5.41) is 58.4. The van der Waals surface area contributed by atoms with Gasteiger partial charge in [0.2, 0.25) is 11.9 Å². The maximum atomic E-state index is 11.8. The number of nitrogens with two attached hydrogens (primary N) is 1. The van der Waals surface area contributed by atoms with Crippen molar-refractivity contribution in [2.24, 2.45) is 0 Å². The van der Waals surface area contributed by atoms with Crippen molar-refractivity contribution < 1.29 is 77.6 Å². The first-order chi connectivity index (χ1) is 19.8. The smallest absolute Gasteiger partial charge is 0.394 e. The Kier molecular flexibility index (Phi) is 12.6. The number of phosphoric acid groups is 2. The molecular weight excluding hydrogens is 634 g/mol. The Morgan fingerprint density at radius 2 is 1.86 bits per heavy atom. The number of imidazole rings is 1. The van der Waals surface area contributed by atoms with Gasteiger partial charge in [0.1, 0.15) is 49.0 Å². The molecule has 244 valence electrons. The Hall–Kier alpha value is -2.73. The molecule has 1 amide bonds. The van der Waals surface area contributed by atoms with E-state index in [4.69, 9.17) is 30.5 Å². The van der Waals surface area contributed by atoms with Crippen LogP contribution in [0.1, 0.15) is 13.2 Å². The van der Waals surface area contributed by atoms with Crippen LogP contribution in [0.2, 0.25) is 0 Å². The van der Waals surface area contributed by atoms with Gasteiger partial charge in [0.25, 0.3) is 5.56 Å². The SMILES string of the molecule is CC(=O)N[C@@H](C=O)[C@@H](O)[C@H](O)[C@H](O)CO.Nc1nc2c(ncn2[C@@H]2O[C@H](COP(=O)(O)OP(=O)(O)O)[C@@H](O)[C@H]2O)c(=O)[nH]1. The molecule has 3 heterocycles. The number of fused-ring (bicyclic) bond motifs is 1. The van der Waals surface area contributed by atoms with Gasteiger partial charge in [-0.05, 0) is 0 Å². The van der Waals surface area contributed by atoms with E-state index in [1.165, 1.54) is 0 Å². The summed E-state index contributed by atoms with van der Waals surface area (Å²) in [6, 6.07) is -1.32. The fourth-order valence-corrected chi connectivity index (χ4v) is 5.13. The van der Waals surface area contributed by atoms with Gasteiger partial charge < -0.3 is 65.9 Å². The van der Waals surface area contributed by atoms with E-state index < -0.39 is 89.2 Å². The number of aliphatic hydroxyl groups is 6. The number of carbonyl (C=O) groups excluding carboxylic acids is 2. The van der Waals surface area contributed by atoms with Crippen LogP contribution in [-0.4, -0.2) is 133 Å². The summed E-state index contributed by atoms with van der Waals surface area (Å²) in [6.45, 7) is -0.493. The van der Waals surface area contributed by atoms with Crippen LogP contribution in [0.15, 0.2) is 11.1 Å². The van der Waals surface area contributed by atoms with E-state index in [2.05, 4.69) is 29.1 Å². The lowest BCUT2D eigenvalue weighted by Crippen LogP contribution is -2.53. The predicted molar refractivity (Wildman–Crippen MR) is 136 cm³/mol. The number of nitrogen functional groups attached to an aromatic ring is 1. The molecule has 0 aromatic carbocycles. The lowest BCUT2D eigenvalue weighted by atomic mass is 10.0. The quantitative estimate of drug-likeness (QED) is 0.0742. The standard InChI is InChI=1S/C10H15N5O11P2.C8H15NO6/c11-10-13-7-4(8(18)14-10)12-2-15(7)9-6(17)5(16)3(25-9)1-24-28(22,23)26-27(19,20)21;1-4(12)9-5(2-10)7(14)8(15)6(13)3-11/h2-3,5-6,9,16-17H,1H2,(H,22,23)(H2,19,20,21)(H3,11,13,14,18);2,5-8,11,13-15H,3H2,1H3,(H,9,12)/t3-,5-,6-,9-;5-,6+,7+,8+/m10/s1. The number of amides is 1. The first-order valence-electron chi connectivity index (χ1n) is 11.7. The highest BCUT2D eigenvalue weighted by atomic mass is 31.3. The Morgan fingerprint density at radius 1 is 1.23 bits per heavy atom. The summed E-state index contributed by atoms with van der Waals surface area (Å²) in [6.07, 6.45) is -9.60. The molecule has 23 nitrogen and oxygen atoms in total. The monoisotopic (exact) mass is 664 g/mol. The van der Waals surface area contributed by atoms with Gasteiger partial charge in [-0.15, -0.1) is 0 Å². The molecule has 0 saturated carbocycles. The van der Waals surface area contributed by atoms with E-state index in [0.717, 1.165) is 17.8 Å². The second-order valence-electron chi connectivity index (χ2n) is 8.75. The number of hydrogen-bond donors (Lipinski definition) is 12. The van der Waals surface area contributed by atoms with Crippen LogP contribution in [0.4, 0.5) is 5.95 Å². The average molecular weight is 664 g/mol. The number of nitrogens with zero attached hydrogens (tertiary/aromatic N) is 3. The fraction of sp³-hybridized carbons (Fsp3) is 0.611. The lowest BCUT2D eigenvalue weighted by Gasteiger charge is -2.25. The molecule has 13 N–H and O–H groups in total. The molecule has 0 spiro atoms. The summed E-state index contributed by atoms with van der Waals surface area (Å²) in [5.74, 6) is -0.792. The second-order valence-corrected chi connectivity index (χ2v) is 11.6. The number of nitrogens with one attached hydrogen (secondary N) is 2. The maximum absolute atomic E-state index is 11.8. The molecule has 0 aliphatic carbocycles. The number of ether oxygens (including phenoxy) is 1. The normalized spacial score (nSPS) is 24.7. The molecule has 3 rings (SSSR count). The zero-order chi connectivity index (χ0) is 32.9. The predicted octanol–water partition coefficient (Wildman–Crippen LogP) is -5.69. The molecular formula is C18H30N6O17P2.